The highest BCUT2D eigenvalue weighted by Crippen LogP contribution is 2.21. The van der Waals surface area contributed by atoms with Crippen molar-refractivity contribution in [2.45, 2.75) is 51.9 Å². The minimum Gasteiger partial charge on any atom is -0.481 e. The van der Waals surface area contributed by atoms with Crippen LogP contribution in [0.1, 0.15) is 50.2 Å². The van der Waals surface area contributed by atoms with E-state index in [4.69, 9.17) is 5.11 Å². The first kappa shape index (κ1) is 17.5. The first-order valence-corrected chi connectivity index (χ1v) is 8.66. The predicted molar refractivity (Wildman–Crippen MR) is 90.3 cm³/mol. The number of benzene rings is 1. The average molecular weight is 317 g/mol. The second kappa shape index (κ2) is 8.70. The van der Waals surface area contributed by atoms with Gasteiger partial charge in [-0.1, -0.05) is 37.6 Å². The molecule has 2 rings (SSSR count). The monoisotopic (exact) mass is 317 g/mol. The van der Waals surface area contributed by atoms with Crippen LogP contribution in [0.5, 0.6) is 0 Å². The van der Waals surface area contributed by atoms with Crippen molar-refractivity contribution in [2.24, 2.45) is 5.92 Å². The van der Waals surface area contributed by atoms with Crippen molar-refractivity contribution in [3.63, 3.8) is 0 Å². The largest absolute Gasteiger partial charge is 0.481 e. The number of carboxylic acids is 1. The molecule has 4 nitrogen and oxygen atoms in total. The normalized spacial score (nSPS) is 15.6. The first-order chi connectivity index (χ1) is 11.1. The Morgan fingerprint density at radius 2 is 1.74 bits per heavy atom. The van der Waals surface area contributed by atoms with Gasteiger partial charge in [-0.2, -0.15) is 0 Å². The van der Waals surface area contributed by atoms with E-state index >= 15 is 0 Å². The highest BCUT2D eigenvalue weighted by molar-refractivity contribution is 5.79. The molecule has 1 N–H and O–H groups in total. The van der Waals surface area contributed by atoms with Crippen LogP contribution in [-0.2, 0) is 22.4 Å². The molecular formula is C19H27NO3. The molecule has 0 unspecified atom stereocenters. The fourth-order valence-electron chi connectivity index (χ4n) is 3.12. The van der Waals surface area contributed by atoms with Gasteiger partial charge in [0.2, 0.25) is 5.91 Å². The first-order valence-electron chi connectivity index (χ1n) is 8.66. The lowest BCUT2D eigenvalue weighted by Gasteiger charge is -2.31. The van der Waals surface area contributed by atoms with Crippen LogP contribution in [0.3, 0.4) is 0 Å². The summed E-state index contributed by atoms with van der Waals surface area (Å²) in [5.74, 6) is -0.368. The molecule has 1 aliphatic heterocycles. The number of nitrogens with zero attached hydrogens (tertiary/aromatic N) is 1. The molecule has 1 aliphatic rings. The number of hydrogen-bond donors (Lipinski definition) is 1. The van der Waals surface area contributed by atoms with Crippen LogP contribution in [0, 0.1) is 5.92 Å². The zero-order valence-corrected chi connectivity index (χ0v) is 14.0. The number of aliphatic carboxylic acids is 1. The molecule has 1 aromatic carbocycles. The average Bonchev–Trinajstić information content (AvgIpc) is 2.54. The van der Waals surface area contributed by atoms with Crippen LogP contribution >= 0.6 is 0 Å². The molecule has 126 valence electrons. The fourth-order valence-corrected chi connectivity index (χ4v) is 3.12. The van der Waals surface area contributed by atoms with Gasteiger partial charge in [-0.05, 0) is 42.7 Å². The molecule has 0 aliphatic carbocycles. The Bertz CT molecular complexity index is 516. The summed E-state index contributed by atoms with van der Waals surface area (Å²) < 4.78 is 0. The maximum atomic E-state index is 12.4. The molecule has 1 fully saturated rings. The number of hydrogen-bond acceptors (Lipinski definition) is 2. The molecule has 0 spiro atoms. The number of unbranched alkanes of at least 4 members (excludes halogenated alkanes) is 1. The Kier molecular flexibility index (Phi) is 6.63. The molecule has 1 amide bonds. The third-order valence-corrected chi connectivity index (χ3v) is 4.63. The maximum absolute atomic E-state index is 12.4. The molecular weight excluding hydrogens is 290 g/mol. The van der Waals surface area contributed by atoms with Crippen molar-refractivity contribution in [3.8, 4) is 0 Å². The highest BCUT2D eigenvalue weighted by Gasteiger charge is 2.24. The van der Waals surface area contributed by atoms with E-state index in [0.29, 0.717) is 19.5 Å². The molecule has 1 saturated heterocycles. The summed E-state index contributed by atoms with van der Waals surface area (Å²) in [6.07, 6.45) is 5.75. The molecule has 0 saturated carbocycles. The Labute approximate surface area is 138 Å². The summed E-state index contributed by atoms with van der Waals surface area (Å²) in [7, 11) is 0. The van der Waals surface area contributed by atoms with Gasteiger partial charge in [0.25, 0.3) is 0 Å². The quantitative estimate of drug-likeness (QED) is 0.839. The Balaban J connectivity index is 1.79. The molecule has 23 heavy (non-hydrogen) atoms. The summed E-state index contributed by atoms with van der Waals surface area (Å²) in [6, 6.07) is 8.36. The standard InChI is InChI=1S/C19H27NO3/c1-2-3-4-15-5-7-16(8-6-15)13-18(21)20-11-9-17(10-12-20)14-19(22)23/h5-8,17H,2-4,9-14H2,1H3,(H,22,23). The summed E-state index contributed by atoms with van der Waals surface area (Å²) in [6.45, 7) is 3.56. The van der Waals surface area contributed by atoms with Gasteiger partial charge < -0.3 is 10.0 Å². The number of likely N-dealkylation sites (tertiary alicyclic amines) is 1. The minimum absolute atomic E-state index is 0.153. The predicted octanol–water partition coefficient (Wildman–Crippen LogP) is 3.29. The molecule has 1 heterocycles. The van der Waals surface area contributed by atoms with Gasteiger partial charge in [0.05, 0.1) is 6.42 Å². The zero-order chi connectivity index (χ0) is 16.7. The van der Waals surface area contributed by atoms with Crippen LogP contribution in [0.15, 0.2) is 24.3 Å². The van der Waals surface area contributed by atoms with Crippen LogP contribution in [0.2, 0.25) is 0 Å². The third kappa shape index (κ3) is 5.70. The summed E-state index contributed by atoms with van der Waals surface area (Å²) in [4.78, 5) is 25.0. The van der Waals surface area contributed by atoms with Crippen LogP contribution in [-0.4, -0.2) is 35.0 Å². The maximum Gasteiger partial charge on any atom is 0.303 e. The van der Waals surface area contributed by atoms with Crippen LogP contribution < -0.4 is 0 Å². The van der Waals surface area contributed by atoms with Crippen molar-refractivity contribution in [1.82, 2.24) is 4.90 Å². The number of aryl methyl sites for hydroxylation is 1. The van der Waals surface area contributed by atoms with E-state index in [-0.39, 0.29) is 18.2 Å². The molecule has 1 aromatic rings. The second-order valence-corrected chi connectivity index (χ2v) is 6.52. The van der Waals surface area contributed by atoms with Gasteiger partial charge in [0.15, 0.2) is 0 Å². The smallest absolute Gasteiger partial charge is 0.303 e. The number of carbonyl (C=O) groups is 2. The van der Waals surface area contributed by atoms with E-state index in [1.165, 1.54) is 18.4 Å². The fraction of sp³-hybridized carbons (Fsp3) is 0.579. The number of amides is 1. The Morgan fingerprint density at radius 3 is 2.30 bits per heavy atom. The lowest BCUT2D eigenvalue weighted by Crippen LogP contribution is -2.39. The van der Waals surface area contributed by atoms with E-state index in [1.54, 1.807) is 0 Å². The van der Waals surface area contributed by atoms with Crippen molar-refractivity contribution < 1.29 is 14.7 Å². The van der Waals surface area contributed by atoms with Crippen LogP contribution in [0.4, 0.5) is 0 Å². The van der Waals surface area contributed by atoms with E-state index < -0.39 is 5.97 Å². The molecule has 4 heteroatoms. The third-order valence-electron chi connectivity index (χ3n) is 4.63. The highest BCUT2D eigenvalue weighted by atomic mass is 16.4. The van der Waals surface area contributed by atoms with Crippen molar-refractivity contribution in [2.75, 3.05) is 13.1 Å². The van der Waals surface area contributed by atoms with E-state index in [2.05, 4.69) is 31.2 Å². The number of carboxylic acid groups (broad SMARTS) is 1. The van der Waals surface area contributed by atoms with Gasteiger partial charge in [0, 0.05) is 19.5 Å². The summed E-state index contributed by atoms with van der Waals surface area (Å²) in [5, 5.41) is 8.83. The number of piperidine rings is 1. The SMILES string of the molecule is CCCCc1ccc(CC(=O)N2CCC(CC(=O)O)CC2)cc1. The summed E-state index contributed by atoms with van der Waals surface area (Å²) >= 11 is 0. The topological polar surface area (TPSA) is 57.6 Å². The minimum atomic E-state index is -0.738. The molecule has 0 atom stereocenters. The van der Waals surface area contributed by atoms with Gasteiger partial charge in [0.1, 0.15) is 0 Å². The van der Waals surface area contributed by atoms with Crippen molar-refractivity contribution in [1.29, 1.82) is 0 Å². The Hall–Kier alpha value is -1.84. The Morgan fingerprint density at radius 1 is 1.13 bits per heavy atom. The molecule has 0 bridgehead atoms. The van der Waals surface area contributed by atoms with E-state index in [1.807, 2.05) is 4.90 Å². The number of carbonyl (C=O) groups excluding carboxylic acids is 1. The lowest BCUT2D eigenvalue weighted by molar-refractivity contribution is -0.138. The molecule has 0 aromatic heterocycles. The van der Waals surface area contributed by atoms with Crippen molar-refractivity contribution >= 4 is 11.9 Å². The van der Waals surface area contributed by atoms with Gasteiger partial charge in [-0.3, -0.25) is 9.59 Å². The van der Waals surface area contributed by atoms with E-state index in [9.17, 15) is 9.59 Å². The number of rotatable bonds is 7. The molecule has 0 radical (unpaired) electrons. The lowest BCUT2D eigenvalue weighted by atomic mass is 9.93. The zero-order valence-electron chi connectivity index (χ0n) is 14.0. The van der Waals surface area contributed by atoms with Gasteiger partial charge in [-0.25, -0.2) is 0 Å². The van der Waals surface area contributed by atoms with Gasteiger partial charge in [-0.15, -0.1) is 0 Å². The van der Waals surface area contributed by atoms with Gasteiger partial charge >= 0.3 is 5.97 Å². The van der Waals surface area contributed by atoms with Crippen LogP contribution in [0.25, 0.3) is 0 Å². The summed E-state index contributed by atoms with van der Waals surface area (Å²) in [5.41, 5.74) is 2.39. The van der Waals surface area contributed by atoms with Crippen molar-refractivity contribution in [3.05, 3.63) is 35.4 Å². The van der Waals surface area contributed by atoms with E-state index in [0.717, 1.165) is 24.8 Å². The second-order valence-electron chi connectivity index (χ2n) is 6.52.